The Kier molecular flexibility index (Phi) is 4.74. The summed E-state index contributed by atoms with van der Waals surface area (Å²) in [7, 11) is 0. The maximum absolute atomic E-state index is 13.9. The third-order valence-corrected chi connectivity index (χ3v) is 4.59. The molecule has 1 aliphatic rings. The Morgan fingerprint density at radius 1 is 1.15 bits per heavy atom. The number of aliphatic hydroxyl groups excluding tert-OH is 1. The van der Waals surface area contributed by atoms with E-state index in [-0.39, 0.29) is 41.6 Å². The average molecular weight is 355 g/mol. The van der Waals surface area contributed by atoms with Crippen molar-refractivity contribution < 1.29 is 22.7 Å². The molecule has 2 rings (SSSR count). The Labute approximate surface area is 123 Å². The summed E-state index contributed by atoms with van der Waals surface area (Å²) in [4.78, 5) is 0. The van der Waals surface area contributed by atoms with Crippen LogP contribution in [0.1, 0.15) is 37.4 Å². The predicted octanol–water partition coefficient (Wildman–Crippen LogP) is 4.99. The number of benzene rings is 1. The Bertz CT molecular complexity index is 467. The molecule has 0 saturated heterocycles. The zero-order valence-electron chi connectivity index (χ0n) is 10.6. The number of aliphatic hydroxyl groups is 1. The Balaban J connectivity index is 2.05. The lowest BCUT2D eigenvalue weighted by Gasteiger charge is -2.32. The summed E-state index contributed by atoms with van der Waals surface area (Å²) < 4.78 is 51.9. The van der Waals surface area contributed by atoms with Crippen molar-refractivity contribution in [1.29, 1.82) is 0 Å². The maximum Gasteiger partial charge on any atom is 0.391 e. The van der Waals surface area contributed by atoms with Gasteiger partial charge in [-0.1, -0.05) is 12.1 Å². The fourth-order valence-corrected chi connectivity index (χ4v) is 3.15. The van der Waals surface area contributed by atoms with Crippen LogP contribution in [0.2, 0.25) is 0 Å². The number of hydrogen-bond donors (Lipinski definition) is 1. The molecule has 20 heavy (non-hydrogen) atoms. The van der Waals surface area contributed by atoms with Crippen molar-refractivity contribution in [2.75, 3.05) is 0 Å². The minimum Gasteiger partial charge on any atom is -0.388 e. The van der Waals surface area contributed by atoms with Crippen LogP contribution in [0.4, 0.5) is 17.6 Å². The van der Waals surface area contributed by atoms with Crippen LogP contribution < -0.4 is 0 Å². The van der Waals surface area contributed by atoms with E-state index >= 15 is 0 Å². The summed E-state index contributed by atoms with van der Waals surface area (Å²) in [6.45, 7) is 0. The van der Waals surface area contributed by atoms with E-state index in [1.54, 1.807) is 6.07 Å². The molecule has 0 radical (unpaired) electrons. The molecule has 1 aromatic rings. The topological polar surface area (TPSA) is 20.2 Å². The second-order valence-electron chi connectivity index (χ2n) is 5.24. The summed E-state index contributed by atoms with van der Waals surface area (Å²) in [6, 6.07) is 4.60. The first-order chi connectivity index (χ1) is 9.30. The lowest BCUT2D eigenvalue weighted by atomic mass is 9.77. The van der Waals surface area contributed by atoms with Crippen LogP contribution in [0.15, 0.2) is 22.7 Å². The van der Waals surface area contributed by atoms with Crippen LogP contribution in [0.3, 0.4) is 0 Å². The van der Waals surface area contributed by atoms with Gasteiger partial charge in [0.15, 0.2) is 0 Å². The van der Waals surface area contributed by atoms with E-state index in [1.165, 1.54) is 12.1 Å². The highest BCUT2D eigenvalue weighted by Crippen LogP contribution is 2.43. The van der Waals surface area contributed by atoms with E-state index in [0.29, 0.717) is 0 Å². The van der Waals surface area contributed by atoms with E-state index < -0.39 is 24.0 Å². The molecule has 1 fully saturated rings. The van der Waals surface area contributed by atoms with Crippen LogP contribution in [-0.2, 0) is 0 Å². The smallest absolute Gasteiger partial charge is 0.388 e. The molecule has 0 amide bonds. The third-order valence-electron chi connectivity index (χ3n) is 3.98. The van der Waals surface area contributed by atoms with Gasteiger partial charge in [0.2, 0.25) is 0 Å². The van der Waals surface area contributed by atoms with Gasteiger partial charge < -0.3 is 5.11 Å². The van der Waals surface area contributed by atoms with Gasteiger partial charge in [0.25, 0.3) is 0 Å². The van der Waals surface area contributed by atoms with Gasteiger partial charge in [-0.3, -0.25) is 0 Å². The molecule has 1 N–H and O–H groups in total. The summed E-state index contributed by atoms with van der Waals surface area (Å²) >= 11 is 3.04. The monoisotopic (exact) mass is 354 g/mol. The van der Waals surface area contributed by atoms with Crippen molar-refractivity contribution in [3.05, 3.63) is 34.1 Å². The molecule has 1 aromatic carbocycles. The summed E-state index contributed by atoms with van der Waals surface area (Å²) in [6.07, 6.45) is -4.70. The van der Waals surface area contributed by atoms with E-state index in [4.69, 9.17) is 0 Å². The highest BCUT2D eigenvalue weighted by Gasteiger charge is 2.42. The first-order valence-corrected chi connectivity index (χ1v) is 7.28. The molecule has 1 atom stereocenters. The fourth-order valence-electron chi connectivity index (χ4n) is 2.77. The number of halogens is 5. The van der Waals surface area contributed by atoms with E-state index in [9.17, 15) is 22.7 Å². The molecule has 112 valence electrons. The largest absolute Gasteiger partial charge is 0.391 e. The van der Waals surface area contributed by atoms with Gasteiger partial charge in [0.05, 0.1) is 16.5 Å². The highest BCUT2D eigenvalue weighted by molar-refractivity contribution is 9.10. The van der Waals surface area contributed by atoms with E-state index in [0.717, 1.165) is 0 Å². The SMILES string of the molecule is OC(c1cccc(Br)c1F)C1CCC(C(F)(F)F)CC1. The lowest BCUT2D eigenvalue weighted by Crippen LogP contribution is -2.29. The first-order valence-electron chi connectivity index (χ1n) is 6.49. The van der Waals surface area contributed by atoms with Crippen LogP contribution in [0.5, 0.6) is 0 Å². The molecule has 0 aliphatic heterocycles. The van der Waals surface area contributed by atoms with Gasteiger partial charge in [0.1, 0.15) is 5.82 Å². The average Bonchev–Trinajstić information content (AvgIpc) is 2.40. The van der Waals surface area contributed by atoms with Gasteiger partial charge in [-0.2, -0.15) is 13.2 Å². The Morgan fingerprint density at radius 2 is 1.75 bits per heavy atom. The first kappa shape index (κ1) is 15.8. The standard InChI is InChI=1S/C14H15BrF4O/c15-11-3-1-2-10(12(11)16)13(20)8-4-6-9(7-5-8)14(17,18)19/h1-3,8-9,13,20H,4-7H2. The van der Waals surface area contributed by atoms with Crippen molar-refractivity contribution in [3.8, 4) is 0 Å². The molecule has 0 aromatic heterocycles. The van der Waals surface area contributed by atoms with Crippen molar-refractivity contribution in [1.82, 2.24) is 0 Å². The zero-order chi connectivity index (χ0) is 14.9. The van der Waals surface area contributed by atoms with Crippen molar-refractivity contribution in [3.63, 3.8) is 0 Å². The number of alkyl halides is 3. The van der Waals surface area contributed by atoms with Gasteiger partial charge in [-0.15, -0.1) is 0 Å². The zero-order valence-corrected chi connectivity index (χ0v) is 12.2. The van der Waals surface area contributed by atoms with E-state index in [1.807, 2.05) is 0 Å². The summed E-state index contributed by atoms with van der Waals surface area (Å²) in [5.74, 6) is -2.16. The normalized spacial score (nSPS) is 25.5. The fraction of sp³-hybridized carbons (Fsp3) is 0.571. The second kappa shape index (κ2) is 6.02. The van der Waals surface area contributed by atoms with Crippen LogP contribution in [-0.4, -0.2) is 11.3 Å². The van der Waals surface area contributed by atoms with Gasteiger partial charge in [-0.05, 0) is 53.6 Å². The van der Waals surface area contributed by atoms with Crippen LogP contribution >= 0.6 is 15.9 Å². The Morgan fingerprint density at radius 3 is 2.30 bits per heavy atom. The van der Waals surface area contributed by atoms with Crippen LogP contribution in [0, 0.1) is 17.7 Å². The molecule has 1 aliphatic carbocycles. The van der Waals surface area contributed by atoms with Crippen molar-refractivity contribution in [2.24, 2.45) is 11.8 Å². The van der Waals surface area contributed by atoms with Gasteiger partial charge in [-0.25, -0.2) is 4.39 Å². The molecular weight excluding hydrogens is 340 g/mol. The Hall–Kier alpha value is -0.620. The summed E-state index contributed by atoms with van der Waals surface area (Å²) in [5.41, 5.74) is 0.148. The second-order valence-corrected chi connectivity index (χ2v) is 6.10. The molecule has 1 unspecified atom stereocenters. The molecule has 0 heterocycles. The lowest BCUT2D eigenvalue weighted by molar-refractivity contribution is -0.185. The molecular formula is C14H15BrF4O. The third kappa shape index (κ3) is 3.34. The molecule has 6 heteroatoms. The molecule has 1 nitrogen and oxygen atoms in total. The summed E-state index contributed by atoms with van der Waals surface area (Å²) in [5, 5.41) is 10.2. The van der Waals surface area contributed by atoms with Gasteiger partial charge >= 0.3 is 6.18 Å². The predicted molar refractivity (Wildman–Crippen MR) is 70.6 cm³/mol. The number of hydrogen-bond acceptors (Lipinski definition) is 1. The maximum atomic E-state index is 13.9. The van der Waals surface area contributed by atoms with E-state index in [2.05, 4.69) is 15.9 Å². The molecule has 0 bridgehead atoms. The molecule has 1 saturated carbocycles. The highest BCUT2D eigenvalue weighted by atomic mass is 79.9. The van der Waals surface area contributed by atoms with Crippen molar-refractivity contribution in [2.45, 2.75) is 38.0 Å². The quantitative estimate of drug-likeness (QED) is 0.741. The number of rotatable bonds is 2. The van der Waals surface area contributed by atoms with Crippen LogP contribution in [0.25, 0.3) is 0 Å². The van der Waals surface area contributed by atoms with Crippen molar-refractivity contribution >= 4 is 15.9 Å². The van der Waals surface area contributed by atoms with Gasteiger partial charge in [0, 0.05) is 5.56 Å². The minimum absolute atomic E-state index is 0.000842. The molecule has 0 spiro atoms. The minimum atomic E-state index is -4.17.